The number of amidine groups is 1. The zero-order valence-electron chi connectivity index (χ0n) is 16.9. The highest BCUT2D eigenvalue weighted by Crippen LogP contribution is 2.31. The number of aryl methyl sites for hydroxylation is 1. The van der Waals surface area contributed by atoms with Crippen LogP contribution in [0.1, 0.15) is 29.7 Å². The van der Waals surface area contributed by atoms with Crippen molar-refractivity contribution in [1.82, 2.24) is 15.2 Å². The highest BCUT2D eigenvalue weighted by atomic mass is 32.2. The molecule has 2 aliphatic heterocycles. The van der Waals surface area contributed by atoms with Crippen LogP contribution in [0.3, 0.4) is 0 Å². The summed E-state index contributed by atoms with van der Waals surface area (Å²) in [5.74, 6) is 0.0366. The second kappa shape index (κ2) is 9.63. The van der Waals surface area contributed by atoms with Crippen LogP contribution >= 0.6 is 23.1 Å². The molecule has 0 spiro atoms. The highest BCUT2D eigenvalue weighted by Gasteiger charge is 2.24. The smallest absolute Gasteiger partial charge is 0.264 e. The Balaban J connectivity index is 1.33. The fraction of sp³-hybridized carbons (Fsp3) is 0.381. The fourth-order valence-electron chi connectivity index (χ4n) is 3.42. The van der Waals surface area contributed by atoms with Crippen molar-refractivity contribution in [3.8, 4) is 5.75 Å². The maximum Gasteiger partial charge on any atom is 0.264 e. The first kappa shape index (κ1) is 20.9. The normalized spacial score (nSPS) is 19.7. The summed E-state index contributed by atoms with van der Waals surface area (Å²) in [5, 5.41) is 17.1. The molecule has 0 atom stereocenters. The number of carbonyl (C=O) groups is 1. The maximum absolute atomic E-state index is 12.3. The van der Waals surface area contributed by atoms with Crippen molar-refractivity contribution in [3.63, 3.8) is 0 Å². The van der Waals surface area contributed by atoms with E-state index in [0.717, 1.165) is 40.8 Å². The standard InChI is InChI=1S/C21H25N5O2S2/c1-14-11-15(27)5-6-17(14)24-21-25-19(28)18(30-21)12-16-13-23-20(29-16)22-7-4-10-26-8-2-3-9-26/h5-6,11-13,27H,2-4,7-10H2,1H3,(H,22,23)(H,24,25,28). The van der Waals surface area contributed by atoms with Crippen LogP contribution < -0.4 is 10.6 Å². The number of nitrogens with zero attached hydrogens (tertiary/aromatic N) is 3. The summed E-state index contributed by atoms with van der Waals surface area (Å²) in [6.07, 6.45) is 7.38. The molecule has 0 radical (unpaired) electrons. The Bertz CT molecular complexity index is 980. The van der Waals surface area contributed by atoms with Crippen LogP contribution in [-0.4, -0.2) is 52.2 Å². The number of hydrogen-bond donors (Lipinski definition) is 3. The van der Waals surface area contributed by atoms with E-state index in [1.807, 2.05) is 13.0 Å². The lowest BCUT2D eigenvalue weighted by molar-refractivity contribution is -0.115. The number of phenolic OH excluding ortho intramolecular Hbond substituents is 1. The Morgan fingerprint density at radius 2 is 2.20 bits per heavy atom. The number of rotatable bonds is 7. The molecule has 0 bridgehead atoms. The van der Waals surface area contributed by atoms with Crippen molar-refractivity contribution in [2.24, 2.45) is 4.99 Å². The topological polar surface area (TPSA) is 89.9 Å². The number of phenols is 1. The average molecular weight is 444 g/mol. The first-order chi connectivity index (χ1) is 14.6. The van der Waals surface area contributed by atoms with E-state index in [0.29, 0.717) is 10.1 Å². The molecule has 0 aliphatic carbocycles. The summed E-state index contributed by atoms with van der Waals surface area (Å²) < 4.78 is 0. The first-order valence-electron chi connectivity index (χ1n) is 10.1. The Kier molecular flexibility index (Phi) is 6.71. The van der Waals surface area contributed by atoms with E-state index in [4.69, 9.17) is 0 Å². The van der Waals surface area contributed by atoms with Crippen LogP contribution in [-0.2, 0) is 4.79 Å². The van der Waals surface area contributed by atoms with Crippen molar-refractivity contribution in [2.75, 3.05) is 31.5 Å². The van der Waals surface area contributed by atoms with E-state index in [1.165, 1.54) is 37.7 Å². The van der Waals surface area contributed by atoms with Gasteiger partial charge in [-0.15, -0.1) is 0 Å². The lowest BCUT2D eigenvalue weighted by atomic mass is 10.2. The van der Waals surface area contributed by atoms with Gasteiger partial charge in [-0.25, -0.2) is 9.98 Å². The minimum absolute atomic E-state index is 0.163. The number of benzene rings is 1. The van der Waals surface area contributed by atoms with Crippen LogP contribution in [0.2, 0.25) is 0 Å². The molecule has 158 valence electrons. The molecule has 2 aliphatic rings. The second-order valence-electron chi connectivity index (χ2n) is 7.35. The highest BCUT2D eigenvalue weighted by molar-refractivity contribution is 8.18. The van der Waals surface area contributed by atoms with Crippen molar-refractivity contribution in [1.29, 1.82) is 0 Å². The summed E-state index contributed by atoms with van der Waals surface area (Å²) in [6.45, 7) is 6.36. The van der Waals surface area contributed by atoms with E-state index in [9.17, 15) is 9.90 Å². The molecule has 30 heavy (non-hydrogen) atoms. The molecule has 0 unspecified atom stereocenters. The molecule has 1 amide bonds. The number of anilines is 1. The Morgan fingerprint density at radius 3 is 3.00 bits per heavy atom. The van der Waals surface area contributed by atoms with Gasteiger partial charge >= 0.3 is 0 Å². The Hall–Kier alpha value is -2.36. The third kappa shape index (κ3) is 5.41. The molecule has 2 fully saturated rings. The molecule has 4 rings (SSSR count). The van der Waals surface area contributed by atoms with Crippen LogP contribution in [0.25, 0.3) is 6.08 Å². The van der Waals surface area contributed by atoms with Crippen molar-refractivity contribution in [3.05, 3.63) is 39.7 Å². The van der Waals surface area contributed by atoms with Crippen LogP contribution in [0, 0.1) is 6.92 Å². The van der Waals surface area contributed by atoms with Crippen molar-refractivity contribution in [2.45, 2.75) is 26.2 Å². The second-order valence-corrected chi connectivity index (χ2v) is 9.44. The number of amides is 1. The molecule has 1 aromatic heterocycles. The Labute approximate surface area is 184 Å². The van der Waals surface area contributed by atoms with Gasteiger partial charge in [0.1, 0.15) is 5.75 Å². The quantitative estimate of drug-likeness (QED) is 0.444. The van der Waals surface area contributed by atoms with Gasteiger partial charge in [0.2, 0.25) is 0 Å². The van der Waals surface area contributed by atoms with E-state index < -0.39 is 0 Å². The molecule has 2 aromatic rings. The van der Waals surface area contributed by atoms with Gasteiger partial charge in [-0.3, -0.25) is 4.79 Å². The van der Waals surface area contributed by atoms with Gasteiger partial charge in [0.25, 0.3) is 5.91 Å². The molecule has 3 N–H and O–H groups in total. The minimum Gasteiger partial charge on any atom is -0.508 e. The van der Waals surface area contributed by atoms with Gasteiger partial charge in [-0.05, 0) is 87.4 Å². The summed E-state index contributed by atoms with van der Waals surface area (Å²) in [7, 11) is 0. The van der Waals surface area contributed by atoms with Gasteiger partial charge in [-0.1, -0.05) is 11.3 Å². The first-order valence-corrected chi connectivity index (χ1v) is 11.7. The Morgan fingerprint density at radius 1 is 1.37 bits per heavy atom. The van der Waals surface area contributed by atoms with Gasteiger partial charge in [-0.2, -0.15) is 0 Å². The van der Waals surface area contributed by atoms with Gasteiger partial charge < -0.3 is 20.6 Å². The average Bonchev–Trinajstić information content (AvgIpc) is 3.45. The summed E-state index contributed by atoms with van der Waals surface area (Å²) in [4.78, 5) is 25.2. The van der Waals surface area contributed by atoms with E-state index in [-0.39, 0.29) is 11.7 Å². The SMILES string of the molecule is Cc1cc(O)ccc1N=C1NC(=O)C(=Cc2cnc(NCCCN3CCCC3)s2)S1. The largest absolute Gasteiger partial charge is 0.508 e. The number of aliphatic imine (C=N–C) groups is 1. The number of nitrogens with one attached hydrogen (secondary N) is 2. The third-order valence-electron chi connectivity index (χ3n) is 4.98. The van der Waals surface area contributed by atoms with E-state index in [2.05, 4.69) is 25.5 Å². The van der Waals surface area contributed by atoms with Gasteiger partial charge in [0.05, 0.1) is 15.5 Å². The molecule has 1 aromatic carbocycles. The number of likely N-dealkylation sites (tertiary alicyclic amines) is 1. The monoisotopic (exact) mass is 443 g/mol. The number of thioether (sulfide) groups is 1. The van der Waals surface area contributed by atoms with E-state index >= 15 is 0 Å². The molecule has 0 saturated carbocycles. The summed E-state index contributed by atoms with van der Waals surface area (Å²) >= 11 is 2.85. The lowest BCUT2D eigenvalue weighted by Gasteiger charge is -2.13. The van der Waals surface area contributed by atoms with Crippen LogP contribution in [0.5, 0.6) is 5.75 Å². The molecular formula is C21H25N5O2S2. The van der Waals surface area contributed by atoms with Crippen molar-refractivity contribution >= 4 is 51.1 Å². The number of thiazole rings is 1. The van der Waals surface area contributed by atoms with Gasteiger partial charge in [0.15, 0.2) is 10.3 Å². The zero-order valence-corrected chi connectivity index (χ0v) is 18.5. The predicted molar refractivity (Wildman–Crippen MR) is 125 cm³/mol. The molecule has 2 saturated heterocycles. The van der Waals surface area contributed by atoms with Crippen molar-refractivity contribution < 1.29 is 9.90 Å². The van der Waals surface area contributed by atoms with Crippen LogP contribution in [0.4, 0.5) is 10.8 Å². The fourth-order valence-corrected chi connectivity index (χ4v) is 5.11. The summed E-state index contributed by atoms with van der Waals surface area (Å²) in [5.41, 5.74) is 1.56. The lowest BCUT2D eigenvalue weighted by Crippen LogP contribution is -2.22. The zero-order chi connectivity index (χ0) is 20.9. The van der Waals surface area contributed by atoms with E-state index in [1.54, 1.807) is 35.7 Å². The number of aromatic hydroxyl groups is 1. The van der Waals surface area contributed by atoms with Crippen LogP contribution in [0.15, 0.2) is 34.3 Å². The number of hydrogen-bond acceptors (Lipinski definition) is 8. The minimum atomic E-state index is -0.163. The summed E-state index contributed by atoms with van der Waals surface area (Å²) in [6, 6.07) is 4.97. The number of aromatic nitrogens is 1. The molecule has 3 heterocycles. The molecular weight excluding hydrogens is 418 g/mol. The molecule has 9 heteroatoms. The molecule has 7 nitrogen and oxygen atoms in total. The maximum atomic E-state index is 12.3. The number of carbonyl (C=O) groups excluding carboxylic acids is 1. The predicted octanol–water partition coefficient (Wildman–Crippen LogP) is 3.95. The third-order valence-corrected chi connectivity index (χ3v) is 6.79. The van der Waals surface area contributed by atoms with Gasteiger partial charge in [0, 0.05) is 12.7 Å².